The molecule has 0 bridgehead atoms. The molecule has 0 spiro atoms. The van der Waals surface area contributed by atoms with Gasteiger partial charge in [0.2, 0.25) is 5.91 Å². The Kier molecular flexibility index (Phi) is 6.36. The van der Waals surface area contributed by atoms with E-state index in [9.17, 15) is 4.79 Å². The van der Waals surface area contributed by atoms with E-state index in [1.54, 1.807) is 0 Å². The van der Waals surface area contributed by atoms with E-state index in [0.29, 0.717) is 0 Å². The highest BCUT2D eigenvalue weighted by Gasteiger charge is 2.19. The van der Waals surface area contributed by atoms with E-state index in [4.69, 9.17) is 0 Å². The van der Waals surface area contributed by atoms with Gasteiger partial charge >= 0.3 is 0 Å². The number of rotatable bonds is 7. The summed E-state index contributed by atoms with van der Waals surface area (Å²) in [4.78, 5) is 12.5. The lowest BCUT2D eigenvalue weighted by Crippen LogP contribution is -2.40. The number of hydrogen-bond acceptors (Lipinski definition) is 2. The molecule has 23 heavy (non-hydrogen) atoms. The fourth-order valence-electron chi connectivity index (χ4n) is 2.65. The third kappa shape index (κ3) is 4.93. The predicted molar refractivity (Wildman–Crippen MR) is 96.5 cm³/mol. The number of hydrogen-bond donors (Lipinski definition) is 2. The minimum Gasteiger partial charge on any atom is -0.324 e. The van der Waals surface area contributed by atoms with Gasteiger partial charge in [0.05, 0.1) is 6.04 Å². The van der Waals surface area contributed by atoms with Crippen LogP contribution < -0.4 is 10.6 Å². The van der Waals surface area contributed by atoms with Crippen molar-refractivity contribution in [2.45, 2.75) is 45.7 Å². The quantitative estimate of drug-likeness (QED) is 0.793. The predicted octanol–water partition coefficient (Wildman–Crippen LogP) is 4.45. The maximum Gasteiger partial charge on any atom is 0.241 e. The fraction of sp³-hybridized carbons (Fsp3) is 0.350. The Morgan fingerprint density at radius 3 is 2.35 bits per heavy atom. The van der Waals surface area contributed by atoms with Crippen molar-refractivity contribution in [2.24, 2.45) is 0 Å². The monoisotopic (exact) mass is 310 g/mol. The average molecular weight is 310 g/mol. The minimum atomic E-state index is -0.258. The molecule has 3 nitrogen and oxygen atoms in total. The van der Waals surface area contributed by atoms with Gasteiger partial charge in [0, 0.05) is 11.7 Å². The highest BCUT2D eigenvalue weighted by atomic mass is 16.2. The zero-order valence-corrected chi connectivity index (χ0v) is 14.2. The van der Waals surface area contributed by atoms with Crippen molar-refractivity contribution in [3.05, 3.63) is 65.7 Å². The van der Waals surface area contributed by atoms with Crippen molar-refractivity contribution >= 4 is 11.6 Å². The summed E-state index contributed by atoms with van der Waals surface area (Å²) in [5, 5.41) is 6.47. The summed E-state index contributed by atoms with van der Waals surface area (Å²) < 4.78 is 0. The lowest BCUT2D eigenvalue weighted by Gasteiger charge is -2.23. The lowest BCUT2D eigenvalue weighted by atomic mass is 10.0. The Morgan fingerprint density at radius 2 is 1.70 bits per heavy atom. The van der Waals surface area contributed by atoms with Crippen LogP contribution in [0.5, 0.6) is 0 Å². The summed E-state index contributed by atoms with van der Waals surface area (Å²) in [6.07, 6.45) is 2.07. The molecule has 0 heterocycles. The number of benzene rings is 2. The van der Waals surface area contributed by atoms with E-state index in [1.807, 2.05) is 56.3 Å². The van der Waals surface area contributed by atoms with Gasteiger partial charge in [-0.2, -0.15) is 0 Å². The van der Waals surface area contributed by atoms with Crippen LogP contribution in [0.4, 0.5) is 5.69 Å². The van der Waals surface area contributed by atoms with Gasteiger partial charge in [-0.25, -0.2) is 0 Å². The van der Waals surface area contributed by atoms with Gasteiger partial charge in [-0.15, -0.1) is 0 Å². The normalized spacial score (nSPS) is 13.3. The Hall–Kier alpha value is -2.13. The first-order chi connectivity index (χ1) is 11.1. The molecule has 0 fully saturated rings. The van der Waals surface area contributed by atoms with Crippen LogP contribution >= 0.6 is 0 Å². The van der Waals surface area contributed by atoms with Crippen LogP contribution in [0.15, 0.2) is 54.6 Å². The van der Waals surface area contributed by atoms with Crippen molar-refractivity contribution in [2.75, 3.05) is 5.32 Å². The zero-order chi connectivity index (χ0) is 16.7. The number of carbonyl (C=O) groups excluding carboxylic acids is 1. The Balaban J connectivity index is 2.02. The lowest BCUT2D eigenvalue weighted by molar-refractivity contribution is -0.118. The number of para-hydroxylation sites is 1. The standard InChI is InChI=1S/C20H26N2O/c1-4-10-19(17-12-6-5-7-13-17)21-16(3)20(23)22-18-14-9-8-11-15(18)2/h5-9,11-14,16,19,21H,4,10H2,1-3H3,(H,22,23)/t16-,19+/m1/s1. The molecule has 1 amide bonds. The summed E-state index contributed by atoms with van der Waals surface area (Å²) >= 11 is 0. The second-order valence-corrected chi connectivity index (χ2v) is 5.94. The molecule has 0 saturated carbocycles. The average Bonchev–Trinajstić information content (AvgIpc) is 2.57. The van der Waals surface area contributed by atoms with Gasteiger partial charge in [-0.3, -0.25) is 10.1 Å². The molecule has 2 aromatic carbocycles. The van der Waals surface area contributed by atoms with Crippen LogP contribution in [0.3, 0.4) is 0 Å². The molecule has 2 aromatic rings. The van der Waals surface area contributed by atoms with Crippen LogP contribution in [-0.4, -0.2) is 11.9 Å². The summed E-state index contributed by atoms with van der Waals surface area (Å²) in [6.45, 7) is 6.08. The van der Waals surface area contributed by atoms with Gasteiger partial charge in [-0.1, -0.05) is 61.9 Å². The minimum absolute atomic E-state index is 0.00339. The number of aryl methyl sites for hydroxylation is 1. The first-order valence-electron chi connectivity index (χ1n) is 8.29. The molecule has 0 aliphatic carbocycles. The molecule has 2 N–H and O–H groups in total. The second-order valence-electron chi connectivity index (χ2n) is 5.94. The summed E-state index contributed by atoms with van der Waals surface area (Å²) in [5.41, 5.74) is 3.17. The Morgan fingerprint density at radius 1 is 1.04 bits per heavy atom. The maximum atomic E-state index is 12.5. The van der Waals surface area contributed by atoms with Crippen molar-refractivity contribution in [1.82, 2.24) is 5.32 Å². The molecule has 0 unspecified atom stereocenters. The van der Waals surface area contributed by atoms with Crippen LogP contribution in [0.2, 0.25) is 0 Å². The third-order valence-electron chi connectivity index (χ3n) is 4.03. The molecule has 3 heteroatoms. The molecule has 0 aliphatic heterocycles. The second kappa shape index (κ2) is 8.49. The molecule has 2 atom stereocenters. The van der Waals surface area contributed by atoms with Crippen molar-refractivity contribution in [3.8, 4) is 0 Å². The molecule has 122 valence electrons. The summed E-state index contributed by atoms with van der Waals surface area (Å²) in [6, 6.07) is 18.1. The number of amides is 1. The molecule has 0 aromatic heterocycles. The van der Waals surface area contributed by atoms with Crippen LogP contribution in [0.25, 0.3) is 0 Å². The fourth-order valence-corrected chi connectivity index (χ4v) is 2.65. The first kappa shape index (κ1) is 17.2. The van der Waals surface area contributed by atoms with Crippen molar-refractivity contribution < 1.29 is 4.79 Å². The molecular weight excluding hydrogens is 284 g/mol. The molecule has 0 saturated heterocycles. The SMILES string of the molecule is CCC[C@H](N[C@H](C)C(=O)Nc1ccccc1C)c1ccccc1. The van der Waals surface area contributed by atoms with Crippen molar-refractivity contribution in [1.29, 1.82) is 0 Å². The smallest absolute Gasteiger partial charge is 0.241 e. The van der Waals surface area contributed by atoms with E-state index < -0.39 is 0 Å². The van der Waals surface area contributed by atoms with E-state index in [2.05, 4.69) is 29.7 Å². The summed E-state index contributed by atoms with van der Waals surface area (Å²) in [7, 11) is 0. The van der Waals surface area contributed by atoms with Crippen LogP contribution in [0, 0.1) is 6.92 Å². The van der Waals surface area contributed by atoms with Gasteiger partial charge in [0.25, 0.3) is 0 Å². The molecule has 0 aliphatic rings. The largest absolute Gasteiger partial charge is 0.324 e. The van der Waals surface area contributed by atoms with Crippen molar-refractivity contribution in [3.63, 3.8) is 0 Å². The maximum absolute atomic E-state index is 12.5. The van der Waals surface area contributed by atoms with Gasteiger partial charge < -0.3 is 5.32 Å². The van der Waals surface area contributed by atoms with Gasteiger partial charge in [-0.05, 0) is 37.5 Å². The number of carbonyl (C=O) groups is 1. The van der Waals surface area contributed by atoms with Crippen LogP contribution in [0.1, 0.15) is 43.9 Å². The molecular formula is C20H26N2O. The van der Waals surface area contributed by atoms with Crippen LogP contribution in [-0.2, 0) is 4.79 Å². The number of anilines is 1. The molecule has 2 rings (SSSR count). The van der Waals surface area contributed by atoms with E-state index in [1.165, 1.54) is 5.56 Å². The number of nitrogens with one attached hydrogen (secondary N) is 2. The van der Waals surface area contributed by atoms with Gasteiger partial charge in [0.15, 0.2) is 0 Å². The Bertz CT molecular complexity index is 625. The summed E-state index contributed by atoms with van der Waals surface area (Å²) in [5.74, 6) is -0.00339. The third-order valence-corrected chi connectivity index (χ3v) is 4.03. The highest BCUT2D eigenvalue weighted by Crippen LogP contribution is 2.19. The first-order valence-corrected chi connectivity index (χ1v) is 8.29. The van der Waals surface area contributed by atoms with E-state index in [0.717, 1.165) is 24.1 Å². The van der Waals surface area contributed by atoms with E-state index in [-0.39, 0.29) is 18.0 Å². The topological polar surface area (TPSA) is 41.1 Å². The highest BCUT2D eigenvalue weighted by molar-refractivity contribution is 5.95. The van der Waals surface area contributed by atoms with Gasteiger partial charge in [0.1, 0.15) is 0 Å². The molecule has 0 radical (unpaired) electrons. The van der Waals surface area contributed by atoms with E-state index >= 15 is 0 Å². The Labute approximate surface area is 139 Å². The zero-order valence-electron chi connectivity index (χ0n) is 14.2.